The molecule has 0 bridgehead atoms. The fourth-order valence-electron chi connectivity index (χ4n) is 1.12. The third kappa shape index (κ3) is 9.45. The summed E-state index contributed by atoms with van der Waals surface area (Å²) in [6.45, 7) is 5.06. The van der Waals surface area contributed by atoms with E-state index in [9.17, 15) is 9.59 Å². The zero-order valence-corrected chi connectivity index (χ0v) is 9.99. The SMILES string of the molecule is CCCOCC(=O)NCC(C)CCC(=O)O. The summed E-state index contributed by atoms with van der Waals surface area (Å²) >= 11 is 0. The summed E-state index contributed by atoms with van der Waals surface area (Å²) in [6, 6.07) is 0. The number of nitrogens with one attached hydrogen (secondary N) is 1. The first-order valence-corrected chi connectivity index (χ1v) is 5.62. The van der Waals surface area contributed by atoms with Crippen LogP contribution in [0, 0.1) is 5.92 Å². The van der Waals surface area contributed by atoms with E-state index in [-0.39, 0.29) is 24.9 Å². The Hall–Kier alpha value is -1.10. The third-order valence-electron chi connectivity index (χ3n) is 2.08. The quantitative estimate of drug-likeness (QED) is 0.581. The second kappa shape index (κ2) is 9.15. The molecule has 0 rings (SSSR count). The van der Waals surface area contributed by atoms with Crippen LogP contribution in [-0.2, 0) is 14.3 Å². The first-order valence-electron chi connectivity index (χ1n) is 5.62. The number of hydrogen-bond donors (Lipinski definition) is 2. The number of hydrogen-bond acceptors (Lipinski definition) is 3. The number of carboxylic acids is 1. The van der Waals surface area contributed by atoms with E-state index in [4.69, 9.17) is 9.84 Å². The van der Waals surface area contributed by atoms with Crippen LogP contribution in [-0.4, -0.2) is 36.7 Å². The predicted molar refractivity (Wildman–Crippen MR) is 60.2 cm³/mol. The Balaban J connectivity index is 3.47. The normalized spacial score (nSPS) is 12.1. The van der Waals surface area contributed by atoms with Crippen LogP contribution in [0.4, 0.5) is 0 Å². The molecule has 0 spiro atoms. The molecule has 0 saturated carbocycles. The summed E-state index contributed by atoms with van der Waals surface area (Å²) in [5.74, 6) is -0.772. The highest BCUT2D eigenvalue weighted by atomic mass is 16.5. The maximum atomic E-state index is 11.2. The average Bonchev–Trinajstić information content (AvgIpc) is 2.24. The molecular weight excluding hydrogens is 210 g/mol. The number of carboxylic acid groups (broad SMARTS) is 1. The van der Waals surface area contributed by atoms with E-state index in [1.165, 1.54) is 0 Å². The molecule has 1 amide bonds. The second-order valence-electron chi connectivity index (χ2n) is 3.89. The Morgan fingerprint density at radius 1 is 1.44 bits per heavy atom. The minimum atomic E-state index is -0.801. The molecule has 1 unspecified atom stereocenters. The second-order valence-corrected chi connectivity index (χ2v) is 3.89. The molecule has 0 saturated heterocycles. The van der Waals surface area contributed by atoms with Gasteiger partial charge in [-0.05, 0) is 18.8 Å². The maximum Gasteiger partial charge on any atom is 0.303 e. The summed E-state index contributed by atoms with van der Waals surface area (Å²) in [7, 11) is 0. The predicted octanol–water partition coefficient (Wildman–Crippen LogP) is 1.03. The number of aliphatic carboxylic acids is 1. The van der Waals surface area contributed by atoms with Gasteiger partial charge in [-0.15, -0.1) is 0 Å². The molecule has 0 aliphatic carbocycles. The summed E-state index contributed by atoms with van der Waals surface area (Å²) in [5, 5.41) is 11.2. The van der Waals surface area contributed by atoms with Crippen molar-refractivity contribution in [1.82, 2.24) is 5.32 Å². The van der Waals surface area contributed by atoms with E-state index in [2.05, 4.69) is 5.32 Å². The molecule has 2 N–H and O–H groups in total. The summed E-state index contributed by atoms with van der Waals surface area (Å²) in [4.78, 5) is 21.5. The fourth-order valence-corrected chi connectivity index (χ4v) is 1.12. The third-order valence-corrected chi connectivity index (χ3v) is 2.08. The van der Waals surface area contributed by atoms with Crippen molar-refractivity contribution >= 4 is 11.9 Å². The Kier molecular flexibility index (Phi) is 8.52. The summed E-state index contributed by atoms with van der Waals surface area (Å²) < 4.78 is 5.07. The van der Waals surface area contributed by atoms with Crippen molar-refractivity contribution in [2.45, 2.75) is 33.1 Å². The fraction of sp³-hybridized carbons (Fsp3) is 0.818. The van der Waals surface area contributed by atoms with E-state index in [1.807, 2.05) is 13.8 Å². The highest BCUT2D eigenvalue weighted by molar-refractivity contribution is 5.77. The molecule has 5 heteroatoms. The number of amides is 1. The topological polar surface area (TPSA) is 75.6 Å². The zero-order valence-electron chi connectivity index (χ0n) is 9.99. The van der Waals surface area contributed by atoms with Gasteiger partial charge in [0, 0.05) is 19.6 Å². The highest BCUT2D eigenvalue weighted by Crippen LogP contribution is 2.03. The highest BCUT2D eigenvalue weighted by Gasteiger charge is 2.07. The summed E-state index contributed by atoms with van der Waals surface area (Å²) in [6.07, 6.45) is 1.61. The van der Waals surface area contributed by atoms with Crippen molar-refractivity contribution < 1.29 is 19.4 Å². The van der Waals surface area contributed by atoms with E-state index in [0.29, 0.717) is 19.6 Å². The first kappa shape index (κ1) is 14.9. The van der Waals surface area contributed by atoms with Crippen LogP contribution < -0.4 is 5.32 Å². The molecule has 1 atom stereocenters. The average molecular weight is 231 g/mol. The molecule has 0 aromatic rings. The molecule has 5 nitrogen and oxygen atoms in total. The van der Waals surface area contributed by atoms with Gasteiger partial charge in [0.15, 0.2) is 0 Å². The van der Waals surface area contributed by atoms with Gasteiger partial charge in [0.05, 0.1) is 0 Å². The number of carbonyl (C=O) groups excluding carboxylic acids is 1. The molecule has 0 fully saturated rings. The van der Waals surface area contributed by atoms with E-state index in [0.717, 1.165) is 6.42 Å². The van der Waals surface area contributed by atoms with Crippen LogP contribution in [0.1, 0.15) is 33.1 Å². The Morgan fingerprint density at radius 2 is 2.12 bits per heavy atom. The molecule has 0 aromatic heterocycles. The minimum Gasteiger partial charge on any atom is -0.481 e. The van der Waals surface area contributed by atoms with Gasteiger partial charge < -0.3 is 15.2 Å². The maximum absolute atomic E-state index is 11.2. The van der Waals surface area contributed by atoms with Gasteiger partial charge in [0.1, 0.15) is 6.61 Å². The molecule has 0 radical (unpaired) electrons. The first-order chi connectivity index (χ1) is 7.56. The van der Waals surface area contributed by atoms with E-state index in [1.54, 1.807) is 0 Å². The van der Waals surface area contributed by atoms with Crippen molar-refractivity contribution in [3.63, 3.8) is 0 Å². The Morgan fingerprint density at radius 3 is 2.69 bits per heavy atom. The van der Waals surface area contributed by atoms with E-state index >= 15 is 0 Å². The Labute approximate surface area is 96.2 Å². The molecule has 0 aliphatic rings. The lowest BCUT2D eigenvalue weighted by Crippen LogP contribution is -2.31. The van der Waals surface area contributed by atoms with Crippen LogP contribution in [0.15, 0.2) is 0 Å². The van der Waals surface area contributed by atoms with Crippen molar-refractivity contribution in [2.24, 2.45) is 5.92 Å². The molecule has 16 heavy (non-hydrogen) atoms. The molecule has 0 heterocycles. The smallest absolute Gasteiger partial charge is 0.303 e. The van der Waals surface area contributed by atoms with Crippen molar-refractivity contribution in [3.8, 4) is 0 Å². The van der Waals surface area contributed by atoms with Gasteiger partial charge in [0.25, 0.3) is 0 Å². The molecule has 0 aliphatic heterocycles. The monoisotopic (exact) mass is 231 g/mol. The lowest BCUT2D eigenvalue weighted by molar-refractivity contribution is -0.137. The van der Waals surface area contributed by atoms with Gasteiger partial charge in [-0.25, -0.2) is 0 Å². The molecule has 0 aromatic carbocycles. The lowest BCUT2D eigenvalue weighted by Gasteiger charge is -2.11. The van der Waals surface area contributed by atoms with Crippen molar-refractivity contribution in [3.05, 3.63) is 0 Å². The molecule has 94 valence electrons. The standard InChI is InChI=1S/C11H21NO4/c1-3-6-16-8-10(13)12-7-9(2)4-5-11(14)15/h9H,3-8H2,1-2H3,(H,12,13)(H,14,15). The van der Waals surface area contributed by atoms with Crippen LogP contribution >= 0.6 is 0 Å². The van der Waals surface area contributed by atoms with Crippen LogP contribution in [0.3, 0.4) is 0 Å². The number of ether oxygens (including phenoxy) is 1. The van der Waals surface area contributed by atoms with Gasteiger partial charge in [-0.1, -0.05) is 13.8 Å². The van der Waals surface area contributed by atoms with Crippen LogP contribution in [0.25, 0.3) is 0 Å². The Bertz CT molecular complexity index is 218. The number of rotatable bonds is 9. The zero-order chi connectivity index (χ0) is 12.4. The van der Waals surface area contributed by atoms with Crippen LogP contribution in [0.5, 0.6) is 0 Å². The van der Waals surface area contributed by atoms with Gasteiger partial charge >= 0.3 is 5.97 Å². The molecular formula is C11H21NO4. The number of carbonyl (C=O) groups is 2. The lowest BCUT2D eigenvalue weighted by atomic mass is 10.1. The van der Waals surface area contributed by atoms with Gasteiger partial charge in [-0.2, -0.15) is 0 Å². The largest absolute Gasteiger partial charge is 0.481 e. The minimum absolute atomic E-state index is 0.0828. The van der Waals surface area contributed by atoms with Crippen molar-refractivity contribution in [2.75, 3.05) is 19.8 Å². The van der Waals surface area contributed by atoms with Crippen LogP contribution in [0.2, 0.25) is 0 Å². The summed E-state index contributed by atoms with van der Waals surface area (Å²) in [5.41, 5.74) is 0. The van der Waals surface area contributed by atoms with Gasteiger partial charge in [0.2, 0.25) is 5.91 Å². The van der Waals surface area contributed by atoms with E-state index < -0.39 is 5.97 Å². The van der Waals surface area contributed by atoms with Gasteiger partial charge in [-0.3, -0.25) is 9.59 Å². The van der Waals surface area contributed by atoms with Crippen molar-refractivity contribution in [1.29, 1.82) is 0 Å².